The minimum Gasteiger partial charge on any atom is -0.394 e. The van der Waals surface area contributed by atoms with E-state index in [0.717, 1.165) is 19.6 Å². The summed E-state index contributed by atoms with van der Waals surface area (Å²) in [5, 5.41) is 35.5. The Kier molecular flexibility index (Phi) is 26.8. The Balaban J connectivity index is 0.000000818. The van der Waals surface area contributed by atoms with Crippen molar-refractivity contribution in [3.63, 3.8) is 0 Å². The topological polar surface area (TPSA) is 116 Å². The zero-order valence-corrected chi connectivity index (χ0v) is 23.7. The molecule has 1 heterocycles. The average molecular weight is 498 g/mol. The molecule has 0 aromatic rings. The Morgan fingerprint density at radius 1 is 0.824 bits per heavy atom. The fourth-order valence-electron chi connectivity index (χ4n) is 4.01. The maximum Gasteiger partial charge on any atom is 0.114 e. The number of rotatable bonds is 22. The predicted octanol–water partition coefficient (Wildman–Crippen LogP) is 3.40. The van der Waals surface area contributed by atoms with Gasteiger partial charge in [0.1, 0.15) is 24.4 Å². The van der Waals surface area contributed by atoms with Crippen LogP contribution in [0.2, 0.25) is 3.67 Å². The summed E-state index contributed by atoms with van der Waals surface area (Å²) >= 11 is 1.27. The van der Waals surface area contributed by atoms with E-state index < -0.39 is 31.0 Å². The van der Waals surface area contributed by atoms with Gasteiger partial charge in [-0.25, -0.2) is 0 Å². The molecule has 1 aliphatic heterocycles. The Hall–Kier alpha value is 0.430. The van der Waals surface area contributed by atoms with E-state index in [1.54, 1.807) is 0 Å². The van der Waals surface area contributed by atoms with Gasteiger partial charge < -0.3 is 25.2 Å². The summed E-state index contributed by atoms with van der Waals surface area (Å²) in [6, 6.07) is 0. The fourth-order valence-corrected chi connectivity index (χ4v) is 4.30. The molecular formula is C26H50NaO7. The molecule has 4 atom stereocenters. The van der Waals surface area contributed by atoms with Crippen molar-refractivity contribution in [2.75, 3.05) is 26.4 Å². The Bertz CT molecular complexity index is 428. The van der Waals surface area contributed by atoms with E-state index >= 15 is 0 Å². The molecule has 1 aliphatic rings. The van der Waals surface area contributed by atoms with Gasteiger partial charge >= 0.3 is 101 Å². The molecule has 1 saturated heterocycles. The van der Waals surface area contributed by atoms with Gasteiger partial charge in [-0.3, -0.25) is 4.79 Å². The second-order valence-corrected chi connectivity index (χ2v) is 10.4. The van der Waals surface area contributed by atoms with Crippen LogP contribution in [0, 0.1) is 0 Å². The minimum atomic E-state index is -1.12. The van der Waals surface area contributed by atoms with Crippen molar-refractivity contribution in [1.29, 1.82) is 0 Å². The summed E-state index contributed by atoms with van der Waals surface area (Å²) in [6.45, 7) is 1.50. The molecule has 1 fully saturated rings. The van der Waals surface area contributed by atoms with Gasteiger partial charge in [-0.05, 0) is 6.42 Å². The standard InChI is InChI=1S/C20H38O2.C6H12O5.Na/c1-2-22-20-18-16-14-12-10-8-6-4-3-5-7-9-11-13-15-17-19-21;7-1-3(8)6-5(10)4(9)2-11-6;/h1-18,20H2;3-10H,1-2H2;/t;3-,4+,5-,6-;/m.1./s1. The van der Waals surface area contributed by atoms with Crippen LogP contribution in [0.15, 0.2) is 0 Å². The van der Waals surface area contributed by atoms with Crippen LogP contribution in [-0.2, 0) is 14.3 Å². The Labute approximate surface area is 225 Å². The molecule has 0 saturated carbocycles. The summed E-state index contributed by atoms with van der Waals surface area (Å²) < 4.78 is 11.6. The van der Waals surface area contributed by atoms with E-state index in [2.05, 4.69) is 0 Å². The molecule has 0 aromatic heterocycles. The van der Waals surface area contributed by atoms with Crippen molar-refractivity contribution in [2.24, 2.45) is 0 Å². The minimum absolute atomic E-state index is 0.00287. The molecule has 7 nitrogen and oxygen atoms in total. The Morgan fingerprint density at radius 3 is 1.68 bits per heavy atom. The van der Waals surface area contributed by atoms with Crippen LogP contribution in [-0.4, -0.2) is 105 Å². The molecular weight excluding hydrogens is 447 g/mol. The van der Waals surface area contributed by atoms with Gasteiger partial charge in [0.2, 0.25) is 0 Å². The summed E-state index contributed by atoms with van der Waals surface area (Å²) in [7, 11) is 0. The van der Waals surface area contributed by atoms with Crippen molar-refractivity contribution in [1.82, 2.24) is 0 Å². The first-order valence-electron chi connectivity index (χ1n) is 13.8. The zero-order valence-electron chi connectivity index (χ0n) is 21.7. The van der Waals surface area contributed by atoms with E-state index in [1.165, 1.54) is 121 Å². The first kappa shape index (κ1) is 34.4. The van der Waals surface area contributed by atoms with Gasteiger partial charge in [-0.2, -0.15) is 0 Å². The van der Waals surface area contributed by atoms with Crippen LogP contribution in [0.3, 0.4) is 0 Å². The molecule has 34 heavy (non-hydrogen) atoms. The maximum absolute atomic E-state index is 10.1. The first-order valence-corrected chi connectivity index (χ1v) is 15.2. The van der Waals surface area contributed by atoms with Crippen LogP contribution < -0.4 is 0 Å². The van der Waals surface area contributed by atoms with E-state index in [9.17, 15) is 4.79 Å². The Morgan fingerprint density at radius 2 is 1.29 bits per heavy atom. The maximum atomic E-state index is 10.1. The fraction of sp³-hybridized carbons (Fsp3) is 0.962. The van der Waals surface area contributed by atoms with Crippen molar-refractivity contribution < 1.29 is 34.7 Å². The molecule has 1 rings (SSSR count). The molecule has 0 unspecified atom stereocenters. The van der Waals surface area contributed by atoms with Crippen molar-refractivity contribution in [2.45, 2.75) is 131 Å². The zero-order chi connectivity index (χ0) is 25.3. The summed E-state index contributed by atoms with van der Waals surface area (Å²) in [6.07, 6.45) is 18.8. The summed E-state index contributed by atoms with van der Waals surface area (Å²) in [5.41, 5.74) is 0. The quantitative estimate of drug-likeness (QED) is 0.134. The third-order valence-corrected chi connectivity index (χ3v) is 6.58. The predicted molar refractivity (Wildman–Crippen MR) is 136 cm³/mol. The van der Waals surface area contributed by atoms with Gasteiger partial charge in [0.25, 0.3) is 0 Å². The summed E-state index contributed by atoms with van der Waals surface area (Å²) in [4.78, 5) is 10.1. The van der Waals surface area contributed by atoms with E-state index in [0.29, 0.717) is 6.42 Å². The normalized spacial score (nSPS) is 20.7. The second kappa shape index (κ2) is 26.5. The largest absolute Gasteiger partial charge is 0.394 e. The SMILES string of the molecule is O=[C]CCCCCCCCCCCCCCCCCOC[CH2][Na].OC[C@@H](O)[C@H]1OC[C@H](O)[C@H]1O. The van der Waals surface area contributed by atoms with Crippen molar-refractivity contribution in [3.05, 3.63) is 0 Å². The number of hydrogen-bond donors (Lipinski definition) is 4. The van der Waals surface area contributed by atoms with Gasteiger partial charge in [0.05, 0.1) is 13.2 Å². The van der Waals surface area contributed by atoms with E-state index in [-0.39, 0.29) is 6.61 Å². The molecule has 0 bridgehead atoms. The molecule has 197 valence electrons. The van der Waals surface area contributed by atoms with Crippen LogP contribution >= 0.6 is 0 Å². The monoisotopic (exact) mass is 497 g/mol. The molecule has 4 N–H and O–H groups in total. The number of carbonyl (C=O) groups excluding carboxylic acids is 1. The first-order chi connectivity index (χ1) is 16.6. The van der Waals surface area contributed by atoms with Crippen LogP contribution in [0.25, 0.3) is 0 Å². The van der Waals surface area contributed by atoms with Crippen LogP contribution in [0.1, 0.15) is 103 Å². The number of unbranched alkanes of at least 4 members (excludes halogenated alkanes) is 15. The number of aliphatic hydroxyl groups excluding tert-OH is 4. The molecule has 0 spiro atoms. The van der Waals surface area contributed by atoms with Gasteiger partial charge in [0, 0.05) is 6.42 Å². The smallest absolute Gasteiger partial charge is 0.114 e. The van der Waals surface area contributed by atoms with E-state index in [4.69, 9.17) is 29.9 Å². The van der Waals surface area contributed by atoms with Crippen LogP contribution in [0.4, 0.5) is 0 Å². The third-order valence-electron chi connectivity index (χ3n) is 6.17. The number of ether oxygens (including phenoxy) is 2. The number of hydrogen-bond acceptors (Lipinski definition) is 7. The van der Waals surface area contributed by atoms with Gasteiger partial charge in [-0.15, -0.1) is 0 Å². The van der Waals surface area contributed by atoms with Crippen molar-refractivity contribution >= 4 is 34.2 Å². The van der Waals surface area contributed by atoms with Crippen LogP contribution in [0.5, 0.6) is 0 Å². The third kappa shape index (κ3) is 20.6. The van der Waals surface area contributed by atoms with Crippen molar-refractivity contribution in [3.8, 4) is 0 Å². The van der Waals surface area contributed by atoms with Gasteiger partial charge in [-0.1, -0.05) is 38.5 Å². The molecule has 0 amide bonds. The van der Waals surface area contributed by atoms with Gasteiger partial charge in [0.15, 0.2) is 6.29 Å². The molecule has 1 radical (unpaired) electrons. The molecule has 0 aromatic carbocycles. The summed E-state index contributed by atoms with van der Waals surface area (Å²) in [5.74, 6) is 0. The average Bonchev–Trinajstić information content (AvgIpc) is 3.18. The van der Waals surface area contributed by atoms with E-state index in [1.807, 2.05) is 6.29 Å². The molecule has 0 aliphatic carbocycles. The second-order valence-electron chi connectivity index (χ2n) is 9.42. The number of aliphatic hydroxyl groups is 4. The molecule has 8 heteroatoms.